The third kappa shape index (κ3) is 4.30. The second-order valence-electron chi connectivity index (χ2n) is 6.67. The fraction of sp³-hybridized carbons (Fsp3) is 0.238. The number of furan rings is 1. The Morgan fingerprint density at radius 3 is 2.30 bits per heavy atom. The minimum Gasteiger partial charge on any atom is -0.464 e. The number of aryl methyl sites for hydroxylation is 3. The molecule has 0 bridgehead atoms. The minimum absolute atomic E-state index is 0.102. The third-order valence-electron chi connectivity index (χ3n) is 4.65. The van der Waals surface area contributed by atoms with Crippen molar-refractivity contribution in [2.24, 2.45) is 0 Å². The van der Waals surface area contributed by atoms with Crippen molar-refractivity contribution in [3.05, 3.63) is 77.0 Å². The maximum Gasteiger partial charge on any atom is 0.240 e. The van der Waals surface area contributed by atoms with Crippen molar-refractivity contribution in [3.63, 3.8) is 0 Å². The zero-order chi connectivity index (χ0) is 19.6. The molecule has 0 aliphatic heterocycles. The predicted molar refractivity (Wildman–Crippen MR) is 105 cm³/mol. The number of aliphatic hydroxyl groups excluding tert-OH is 1. The summed E-state index contributed by atoms with van der Waals surface area (Å²) < 4.78 is 33.1. The average Bonchev–Trinajstić information content (AvgIpc) is 3.17. The lowest BCUT2D eigenvalue weighted by Crippen LogP contribution is -2.29. The monoisotopic (exact) mass is 385 g/mol. The number of hydrogen-bond acceptors (Lipinski definition) is 4. The number of nitrogens with one attached hydrogen (secondary N) is 1. The Bertz CT molecular complexity index is 1020. The van der Waals surface area contributed by atoms with Gasteiger partial charge >= 0.3 is 0 Å². The van der Waals surface area contributed by atoms with Gasteiger partial charge in [0, 0.05) is 12.1 Å². The summed E-state index contributed by atoms with van der Waals surface area (Å²) in [5.41, 5.74) is 4.16. The molecule has 1 aromatic heterocycles. The summed E-state index contributed by atoms with van der Waals surface area (Å²) in [6, 6.07) is 14.4. The first-order valence-corrected chi connectivity index (χ1v) is 10.2. The van der Waals surface area contributed by atoms with Crippen LogP contribution in [-0.4, -0.2) is 20.1 Å². The van der Waals surface area contributed by atoms with Crippen LogP contribution < -0.4 is 4.72 Å². The second kappa shape index (κ2) is 7.68. The fourth-order valence-corrected chi connectivity index (χ4v) is 4.27. The molecule has 3 aromatic rings. The topological polar surface area (TPSA) is 79.5 Å². The largest absolute Gasteiger partial charge is 0.464 e. The van der Waals surface area contributed by atoms with Gasteiger partial charge in [0.15, 0.2) is 0 Å². The summed E-state index contributed by atoms with van der Waals surface area (Å²) in [6.07, 6.45) is 0.652. The second-order valence-corrected chi connectivity index (χ2v) is 8.40. The minimum atomic E-state index is -3.70. The molecule has 0 saturated heterocycles. The van der Waals surface area contributed by atoms with Crippen LogP contribution in [0.1, 0.15) is 28.4 Å². The van der Waals surface area contributed by atoms with Crippen LogP contribution in [0.3, 0.4) is 0 Å². The molecule has 0 fully saturated rings. The molecule has 1 heterocycles. The van der Waals surface area contributed by atoms with E-state index >= 15 is 0 Å². The molecule has 6 heteroatoms. The quantitative estimate of drug-likeness (QED) is 0.675. The van der Waals surface area contributed by atoms with E-state index in [4.69, 9.17) is 4.42 Å². The molecule has 0 saturated carbocycles. The van der Waals surface area contributed by atoms with Crippen LogP contribution in [0.4, 0.5) is 0 Å². The fourth-order valence-electron chi connectivity index (χ4n) is 2.92. The van der Waals surface area contributed by atoms with Gasteiger partial charge in [0.05, 0.1) is 17.3 Å². The van der Waals surface area contributed by atoms with E-state index in [-0.39, 0.29) is 11.4 Å². The molecule has 2 aromatic carbocycles. The Kier molecular flexibility index (Phi) is 5.51. The van der Waals surface area contributed by atoms with Crippen molar-refractivity contribution in [2.75, 3.05) is 6.54 Å². The lowest BCUT2D eigenvalue weighted by molar-refractivity contribution is 0.182. The first kappa shape index (κ1) is 19.4. The lowest BCUT2D eigenvalue weighted by Gasteiger charge is -2.15. The van der Waals surface area contributed by atoms with Gasteiger partial charge in [-0.15, -0.1) is 0 Å². The molecule has 1 atom stereocenters. The van der Waals surface area contributed by atoms with Crippen molar-refractivity contribution >= 4 is 10.0 Å². The van der Waals surface area contributed by atoms with Crippen LogP contribution in [-0.2, 0) is 10.0 Å². The maximum absolute atomic E-state index is 12.6. The zero-order valence-corrected chi connectivity index (χ0v) is 16.4. The van der Waals surface area contributed by atoms with E-state index < -0.39 is 16.1 Å². The highest BCUT2D eigenvalue weighted by atomic mass is 32.2. The van der Waals surface area contributed by atoms with E-state index in [0.29, 0.717) is 11.1 Å². The van der Waals surface area contributed by atoms with Crippen molar-refractivity contribution < 1.29 is 17.9 Å². The molecule has 0 aliphatic rings. The van der Waals surface area contributed by atoms with Gasteiger partial charge in [-0.1, -0.05) is 30.3 Å². The molecule has 0 aliphatic carbocycles. The van der Waals surface area contributed by atoms with Crippen LogP contribution >= 0.6 is 0 Å². The van der Waals surface area contributed by atoms with E-state index in [2.05, 4.69) is 4.72 Å². The van der Waals surface area contributed by atoms with E-state index in [1.54, 1.807) is 31.4 Å². The average molecular weight is 385 g/mol. The Labute approximate surface area is 159 Å². The van der Waals surface area contributed by atoms with Gasteiger partial charge in [0.1, 0.15) is 5.76 Å². The molecule has 0 amide bonds. The third-order valence-corrected chi connectivity index (χ3v) is 6.21. The first-order chi connectivity index (χ1) is 12.8. The van der Waals surface area contributed by atoms with Gasteiger partial charge in [-0.2, -0.15) is 0 Å². The SMILES string of the molecule is Cc1cc(C)c(S(=O)(=O)NCC(O)c2ccc(-c3ccco3)cc2)cc1C. The molecule has 0 spiro atoms. The van der Waals surface area contributed by atoms with Crippen LogP contribution in [0.15, 0.2) is 64.1 Å². The Morgan fingerprint density at radius 2 is 1.67 bits per heavy atom. The predicted octanol–water partition coefficient (Wildman–Crippen LogP) is 3.88. The van der Waals surface area contributed by atoms with E-state index in [0.717, 1.165) is 22.5 Å². The smallest absolute Gasteiger partial charge is 0.240 e. The summed E-state index contributed by atoms with van der Waals surface area (Å²) >= 11 is 0. The summed E-state index contributed by atoms with van der Waals surface area (Å²) in [4.78, 5) is 0.242. The van der Waals surface area contributed by atoms with Crippen molar-refractivity contribution in [1.29, 1.82) is 0 Å². The molecular formula is C21H23NO4S. The van der Waals surface area contributed by atoms with Crippen LogP contribution in [0.2, 0.25) is 0 Å². The van der Waals surface area contributed by atoms with Gasteiger partial charge in [-0.25, -0.2) is 13.1 Å². The molecular weight excluding hydrogens is 362 g/mol. The Balaban J connectivity index is 1.71. The van der Waals surface area contributed by atoms with Gasteiger partial charge in [0.2, 0.25) is 10.0 Å². The van der Waals surface area contributed by atoms with Crippen LogP contribution in [0, 0.1) is 20.8 Å². The van der Waals surface area contributed by atoms with E-state index in [9.17, 15) is 13.5 Å². The molecule has 1 unspecified atom stereocenters. The zero-order valence-electron chi connectivity index (χ0n) is 15.6. The number of aliphatic hydroxyl groups is 1. The Hall–Kier alpha value is -2.41. The van der Waals surface area contributed by atoms with Crippen molar-refractivity contribution in [3.8, 4) is 11.3 Å². The number of hydrogen-bond donors (Lipinski definition) is 2. The summed E-state index contributed by atoms with van der Waals surface area (Å²) in [6.45, 7) is 5.49. The van der Waals surface area contributed by atoms with Crippen LogP contribution in [0.5, 0.6) is 0 Å². The first-order valence-electron chi connectivity index (χ1n) is 8.67. The molecule has 142 valence electrons. The van der Waals surface area contributed by atoms with E-state index in [1.165, 1.54) is 0 Å². The lowest BCUT2D eigenvalue weighted by atomic mass is 10.1. The molecule has 3 rings (SSSR count). The summed E-state index contributed by atoms with van der Waals surface area (Å²) in [5, 5.41) is 10.4. The van der Waals surface area contributed by atoms with Gasteiger partial charge in [0.25, 0.3) is 0 Å². The normalized spacial score (nSPS) is 12.9. The van der Waals surface area contributed by atoms with E-state index in [1.807, 2.05) is 44.2 Å². The van der Waals surface area contributed by atoms with Gasteiger partial charge < -0.3 is 9.52 Å². The standard InChI is InChI=1S/C21H23NO4S/c1-14-11-16(3)21(12-15(14)2)27(24,25)22-13-19(23)17-6-8-18(9-7-17)20-5-4-10-26-20/h4-12,19,22-23H,13H2,1-3H3. The number of benzene rings is 2. The molecule has 5 nitrogen and oxygen atoms in total. The summed E-state index contributed by atoms with van der Waals surface area (Å²) in [5.74, 6) is 0.738. The Morgan fingerprint density at radius 1 is 1.00 bits per heavy atom. The van der Waals surface area contributed by atoms with Crippen molar-refractivity contribution in [2.45, 2.75) is 31.8 Å². The highest BCUT2D eigenvalue weighted by molar-refractivity contribution is 7.89. The molecule has 0 radical (unpaired) electrons. The maximum atomic E-state index is 12.6. The highest BCUT2D eigenvalue weighted by Crippen LogP contribution is 2.23. The highest BCUT2D eigenvalue weighted by Gasteiger charge is 2.19. The molecule has 27 heavy (non-hydrogen) atoms. The molecule has 2 N–H and O–H groups in total. The number of sulfonamides is 1. The van der Waals surface area contributed by atoms with Crippen LogP contribution in [0.25, 0.3) is 11.3 Å². The van der Waals surface area contributed by atoms with Crippen molar-refractivity contribution in [1.82, 2.24) is 4.72 Å². The van der Waals surface area contributed by atoms with Gasteiger partial charge in [-0.05, 0) is 61.2 Å². The number of rotatable bonds is 6. The van der Waals surface area contributed by atoms with Gasteiger partial charge in [-0.3, -0.25) is 0 Å². The summed E-state index contributed by atoms with van der Waals surface area (Å²) in [7, 11) is -3.70.